The number of alkyl halides is 1. The number of ether oxygens (including phenoxy) is 7. The average Bonchev–Trinajstić information content (AvgIpc) is 3.09. The van der Waals surface area contributed by atoms with Crippen LogP contribution in [-0.2, 0) is 63.3 Å². The Morgan fingerprint density at radius 1 is 0.833 bits per heavy atom. The molecule has 2 aromatic rings. The highest BCUT2D eigenvalue weighted by Crippen LogP contribution is 2.36. The van der Waals surface area contributed by atoms with E-state index in [2.05, 4.69) is 26.0 Å². The van der Waals surface area contributed by atoms with Gasteiger partial charge in [0.15, 0.2) is 29.5 Å². The number of azide groups is 1. The maximum atomic E-state index is 13.2. The van der Waals surface area contributed by atoms with E-state index >= 15 is 0 Å². The highest BCUT2D eigenvalue weighted by molar-refractivity contribution is 9.08. The molecule has 0 spiro atoms. The molecule has 5 atom stereocenters. The van der Waals surface area contributed by atoms with Crippen molar-refractivity contribution in [2.45, 2.75) is 76.6 Å². The molecule has 0 bridgehead atoms. The molecule has 1 saturated heterocycles. The summed E-state index contributed by atoms with van der Waals surface area (Å²) < 4.78 is 75.4. The monoisotopic (exact) mass is 843 g/mol. The molecule has 1 aliphatic rings. The maximum absolute atomic E-state index is 13.2. The minimum absolute atomic E-state index is 0.00940. The van der Waals surface area contributed by atoms with Gasteiger partial charge in [0.1, 0.15) is 18.5 Å². The molecule has 1 unspecified atom stereocenters. The van der Waals surface area contributed by atoms with E-state index in [1.807, 2.05) is 0 Å². The van der Waals surface area contributed by atoms with Crippen LogP contribution in [0.1, 0.15) is 56.5 Å². The lowest BCUT2D eigenvalue weighted by Gasteiger charge is -2.43. The quantitative estimate of drug-likeness (QED) is 0.0267. The number of benzene rings is 2. The Hall–Kier alpha value is -4.95. The van der Waals surface area contributed by atoms with Crippen LogP contribution in [0.15, 0.2) is 47.6 Å². The van der Waals surface area contributed by atoms with Crippen LogP contribution in [0.25, 0.3) is 10.4 Å². The number of Topliss-reactive ketones (excluding diaryl/α,β-unsaturated/α-hetero) is 1. The summed E-state index contributed by atoms with van der Waals surface area (Å²) in [6.45, 7) is 4.10. The van der Waals surface area contributed by atoms with Crippen LogP contribution < -0.4 is 13.1 Å². The number of halogens is 1. The van der Waals surface area contributed by atoms with Crippen molar-refractivity contribution in [3.8, 4) is 17.2 Å². The second-order valence-electron chi connectivity index (χ2n) is 11.3. The average molecular weight is 845 g/mol. The molecule has 2 aromatic carbocycles. The minimum atomic E-state index is -4.92. The van der Waals surface area contributed by atoms with Gasteiger partial charge in [0.25, 0.3) is 0 Å². The van der Waals surface area contributed by atoms with Crippen LogP contribution in [0, 0.1) is 0 Å². The number of hydrogen-bond donors (Lipinski definition) is 0. The summed E-state index contributed by atoms with van der Waals surface area (Å²) in [5.41, 5.74) is 9.18. The largest absolute Gasteiger partial charge is 0.501 e. The van der Waals surface area contributed by atoms with Gasteiger partial charge in [-0.05, 0) is 47.8 Å². The first-order chi connectivity index (χ1) is 25.6. The van der Waals surface area contributed by atoms with E-state index in [4.69, 9.17) is 47.1 Å². The van der Waals surface area contributed by atoms with Gasteiger partial charge in [-0.25, -0.2) is 0 Å². The lowest BCUT2D eigenvalue weighted by atomic mass is 9.98. The van der Waals surface area contributed by atoms with Gasteiger partial charge in [-0.2, -0.15) is 0 Å². The van der Waals surface area contributed by atoms with Crippen LogP contribution >= 0.6 is 15.9 Å². The number of nitrogens with zero attached hydrogens (tertiary/aromatic N) is 3. The Balaban J connectivity index is 2.03. The lowest BCUT2D eigenvalue weighted by Crippen LogP contribution is -2.63. The molecule has 0 radical (unpaired) electrons. The molecule has 0 aromatic heterocycles. The van der Waals surface area contributed by atoms with E-state index in [0.717, 1.165) is 39.3 Å². The molecular formula is C33H38BrN3O16S. The van der Waals surface area contributed by atoms with Gasteiger partial charge in [-0.1, -0.05) is 33.2 Å². The zero-order valence-corrected chi connectivity index (χ0v) is 31.9. The third-order valence-electron chi connectivity index (χ3n) is 7.02. The van der Waals surface area contributed by atoms with Crippen molar-refractivity contribution < 1.29 is 73.9 Å². The second-order valence-corrected chi connectivity index (χ2v) is 13.0. The number of esters is 4. The Kier molecular flexibility index (Phi) is 17.0. The van der Waals surface area contributed by atoms with Crippen molar-refractivity contribution in [2.24, 2.45) is 5.11 Å². The van der Waals surface area contributed by atoms with Crippen LogP contribution in [-0.4, -0.2) is 95.1 Å². The summed E-state index contributed by atoms with van der Waals surface area (Å²) >= 11 is 3.30. The smallest absolute Gasteiger partial charge is 0.463 e. The first-order valence-corrected chi connectivity index (χ1v) is 18.6. The van der Waals surface area contributed by atoms with Crippen LogP contribution in [0.2, 0.25) is 0 Å². The van der Waals surface area contributed by atoms with E-state index in [0.29, 0.717) is 5.33 Å². The number of carbonyl (C=O) groups excluding carboxylic acids is 5. The predicted octanol–water partition coefficient (Wildman–Crippen LogP) is 4.04. The maximum Gasteiger partial charge on any atom is 0.501 e. The molecule has 1 heterocycles. The molecule has 1 fully saturated rings. The highest BCUT2D eigenvalue weighted by atomic mass is 79.9. The number of hydrogen-bond acceptors (Lipinski definition) is 17. The molecule has 0 aliphatic carbocycles. The van der Waals surface area contributed by atoms with Crippen molar-refractivity contribution in [2.75, 3.05) is 26.4 Å². The fourth-order valence-electron chi connectivity index (χ4n) is 4.86. The van der Waals surface area contributed by atoms with Crippen molar-refractivity contribution in [3.63, 3.8) is 0 Å². The molecule has 21 heteroatoms. The number of ketones is 1. The first-order valence-electron chi connectivity index (χ1n) is 16.1. The Bertz CT molecular complexity index is 1800. The van der Waals surface area contributed by atoms with Gasteiger partial charge in [0.2, 0.25) is 12.4 Å². The van der Waals surface area contributed by atoms with Gasteiger partial charge >= 0.3 is 34.3 Å². The third kappa shape index (κ3) is 14.1. The van der Waals surface area contributed by atoms with E-state index in [-0.39, 0.29) is 43.9 Å². The zero-order chi connectivity index (χ0) is 39.8. The van der Waals surface area contributed by atoms with E-state index in [1.54, 1.807) is 12.1 Å². The summed E-state index contributed by atoms with van der Waals surface area (Å²) in [5.74, 6) is -4.90. The third-order valence-corrected chi connectivity index (χ3v) is 8.44. The fraction of sp³-hybridized carbons (Fsp3) is 0.485. The molecule has 54 heavy (non-hydrogen) atoms. The SMILES string of the molecule is CC(=O)OC[C@H]1OC(Oc2ccc(C(=O)CCCOCCN=[N+]=[N-])cc2OS(=O)(=O)Oc2ccc(CBr)cc2)[C@H](OC(C)=O)[C@@H](OC(C)=O)[C@H]1OC(C)=O. The summed E-state index contributed by atoms with van der Waals surface area (Å²) in [4.78, 5) is 64.1. The van der Waals surface area contributed by atoms with Crippen molar-refractivity contribution in [1.82, 2.24) is 0 Å². The molecular weight excluding hydrogens is 806 g/mol. The molecule has 1 aliphatic heterocycles. The minimum Gasteiger partial charge on any atom is -0.463 e. The Morgan fingerprint density at radius 2 is 1.48 bits per heavy atom. The van der Waals surface area contributed by atoms with E-state index in [1.165, 1.54) is 24.3 Å². The second kappa shape index (κ2) is 21.1. The number of rotatable bonds is 20. The fourth-order valence-corrected chi connectivity index (χ4v) is 5.97. The van der Waals surface area contributed by atoms with Crippen molar-refractivity contribution in [1.29, 1.82) is 0 Å². The van der Waals surface area contributed by atoms with Gasteiger partial charge < -0.3 is 41.5 Å². The summed E-state index contributed by atoms with van der Waals surface area (Å²) in [5, 5.41) is 3.85. The van der Waals surface area contributed by atoms with Gasteiger partial charge in [-0.3, -0.25) is 24.0 Å². The van der Waals surface area contributed by atoms with Crippen molar-refractivity contribution in [3.05, 3.63) is 64.0 Å². The van der Waals surface area contributed by atoms with Crippen LogP contribution in [0.3, 0.4) is 0 Å². The van der Waals surface area contributed by atoms with Gasteiger partial charge in [0.05, 0.1) is 6.61 Å². The number of carbonyl (C=O) groups is 5. The molecule has 294 valence electrons. The lowest BCUT2D eigenvalue weighted by molar-refractivity contribution is -0.288. The Labute approximate surface area is 318 Å². The normalized spacial score (nSPS) is 19.3. The summed E-state index contributed by atoms with van der Waals surface area (Å²) in [6, 6.07) is 9.54. The van der Waals surface area contributed by atoms with E-state index in [9.17, 15) is 32.4 Å². The van der Waals surface area contributed by atoms with Gasteiger partial charge in [0, 0.05) is 63.1 Å². The van der Waals surface area contributed by atoms with Crippen molar-refractivity contribution >= 4 is 56.0 Å². The Morgan fingerprint density at radius 3 is 2.09 bits per heavy atom. The zero-order valence-electron chi connectivity index (χ0n) is 29.5. The molecule has 19 nitrogen and oxygen atoms in total. The van der Waals surface area contributed by atoms with Crippen LogP contribution in [0.5, 0.6) is 17.2 Å². The molecule has 3 rings (SSSR count). The highest BCUT2D eigenvalue weighted by Gasteiger charge is 2.53. The summed E-state index contributed by atoms with van der Waals surface area (Å²) in [6.07, 6.45) is -7.67. The summed E-state index contributed by atoms with van der Waals surface area (Å²) in [7, 11) is -4.92. The molecule has 0 amide bonds. The van der Waals surface area contributed by atoms with E-state index < -0.39 is 88.9 Å². The predicted molar refractivity (Wildman–Crippen MR) is 187 cm³/mol. The van der Waals surface area contributed by atoms with Gasteiger partial charge in [-0.15, -0.1) is 8.42 Å². The standard InChI is InChI=1S/C33H38BrN3O16S/c1-19(38)46-18-29-30(47-20(2)39)31(48-21(3)40)32(49-22(4)41)33(51-29)50-27-12-9-24(26(42)6-5-14-45-15-13-36-37-35)16-28(27)53-54(43,44)52-25-10-7-23(17-34)8-11-25/h7-12,16,29-33H,5-6,13-15,17-18H2,1-4H3/t29-,30+,31+,32-,33?/m1/s1. The molecule has 0 N–H and O–H groups in total. The first kappa shape index (κ1) is 43.5. The molecule has 0 saturated carbocycles. The topological polar surface area (TPSA) is 251 Å². The van der Waals surface area contributed by atoms with Crippen LogP contribution in [0.4, 0.5) is 0 Å².